The van der Waals surface area contributed by atoms with E-state index in [2.05, 4.69) is 4.90 Å². The summed E-state index contributed by atoms with van der Waals surface area (Å²) in [7, 11) is -6.57. The van der Waals surface area contributed by atoms with Crippen LogP contribution in [0.4, 0.5) is 0 Å². The van der Waals surface area contributed by atoms with Gasteiger partial charge in [-0.05, 0) is 43.6 Å². The van der Waals surface area contributed by atoms with Crippen molar-refractivity contribution in [2.45, 2.75) is 30.2 Å². The first-order valence-corrected chi connectivity index (χ1v) is 13.5. The normalized spacial score (nSPS) is 22.1. The van der Waals surface area contributed by atoms with E-state index in [0.29, 0.717) is 26.2 Å². The smallest absolute Gasteiger partial charge is 0.227 e. The van der Waals surface area contributed by atoms with Gasteiger partial charge in [-0.15, -0.1) is 0 Å². The van der Waals surface area contributed by atoms with E-state index in [1.165, 1.54) is 22.7 Å². The molecule has 2 aliphatic heterocycles. The number of rotatable bonds is 6. The fourth-order valence-electron chi connectivity index (χ4n) is 4.01. The third-order valence-corrected chi connectivity index (χ3v) is 8.01. The SMILES string of the molecule is CS(=O)(=O)c1ccc(CC(=O)N2CCN(S(C)(=O)=O)C[C@@H]2CN2CCCC2)cc1. The molecule has 29 heavy (non-hydrogen) atoms. The Hall–Kier alpha value is -1.49. The standard InChI is InChI=1S/C19H29N3O5S2/c1-28(24,25)18-7-5-16(6-8-18)13-19(23)22-12-11-21(29(2,26)27)15-17(22)14-20-9-3-4-10-20/h5-8,17H,3-4,9-15H2,1-2H3/t17-/m0/s1. The van der Waals surface area contributed by atoms with Crippen LogP contribution in [0.1, 0.15) is 18.4 Å². The van der Waals surface area contributed by atoms with E-state index in [9.17, 15) is 21.6 Å². The summed E-state index contributed by atoms with van der Waals surface area (Å²) < 4.78 is 48.7. The van der Waals surface area contributed by atoms with Gasteiger partial charge in [-0.3, -0.25) is 4.79 Å². The highest BCUT2D eigenvalue weighted by Crippen LogP contribution is 2.19. The fraction of sp³-hybridized carbons (Fsp3) is 0.632. The summed E-state index contributed by atoms with van der Waals surface area (Å²) in [4.78, 5) is 17.3. The second kappa shape index (κ2) is 8.71. The number of nitrogens with zero attached hydrogens (tertiary/aromatic N) is 3. The number of carbonyl (C=O) groups excluding carboxylic acids is 1. The minimum Gasteiger partial charge on any atom is -0.335 e. The highest BCUT2D eigenvalue weighted by molar-refractivity contribution is 7.90. The van der Waals surface area contributed by atoms with Gasteiger partial charge in [0.2, 0.25) is 15.9 Å². The fourth-order valence-corrected chi connectivity index (χ4v) is 5.49. The van der Waals surface area contributed by atoms with Crippen LogP contribution in [0.5, 0.6) is 0 Å². The molecule has 0 spiro atoms. The van der Waals surface area contributed by atoms with Crippen LogP contribution in [-0.2, 0) is 31.1 Å². The van der Waals surface area contributed by atoms with E-state index in [0.717, 1.165) is 37.8 Å². The van der Waals surface area contributed by atoms with Crippen LogP contribution in [0.2, 0.25) is 0 Å². The molecule has 1 atom stereocenters. The summed E-state index contributed by atoms with van der Waals surface area (Å²) in [5.41, 5.74) is 0.743. The number of likely N-dealkylation sites (tertiary alicyclic amines) is 1. The van der Waals surface area contributed by atoms with Gasteiger partial charge in [0.25, 0.3) is 0 Å². The average molecular weight is 444 g/mol. The van der Waals surface area contributed by atoms with Gasteiger partial charge < -0.3 is 9.80 Å². The van der Waals surface area contributed by atoms with Crippen LogP contribution in [0.25, 0.3) is 0 Å². The molecule has 0 unspecified atom stereocenters. The summed E-state index contributed by atoms with van der Waals surface area (Å²) in [5.74, 6) is -0.0607. The van der Waals surface area contributed by atoms with Crippen molar-refractivity contribution in [1.29, 1.82) is 0 Å². The molecule has 2 heterocycles. The second-order valence-electron chi connectivity index (χ2n) is 7.96. The lowest BCUT2D eigenvalue weighted by atomic mass is 10.1. The molecule has 0 N–H and O–H groups in total. The number of sulfone groups is 1. The molecule has 0 bridgehead atoms. The van der Waals surface area contributed by atoms with Crippen LogP contribution in [0, 0.1) is 0 Å². The molecule has 1 amide bonds. The number of benzene rings is 1. The van der Waals surface area contributed by atoms with Crippen molar-refractivity contribution in [1.82, 2.24) is 14.1 Å². The zero-order chi connectivity index (χ0) is 21.2. The summed E-state index contributed by atoms with van der Waals surface area (Å²) >= 11 is 0. The highest BCUT2D eigenvalue weighted by atomic mass is 32.2. The van der Waals surface area contributed by atoms with Crippen molar-refractivity contribution in [3.05, 3.63) is 29.8 Å². The lowest BCUT2D eigenvalue weighted by Crippen LogP contribution is -2.59. The molecule has 1 aromatic rings. The maximum Gasteiger partial charge on any atom is 0.227 e. The molecular formula is C19H29N3O5S2. The molecule has 2 fully saturated rings. The maximum atomic E-state index is 13.0. The summed E-state index contributed by atoms with van der Waals surface area (Å²) in [6.45, 7) is 3.60. The van der Waals surface area contributed by atoms with Crippen LogP contribution >= 0.6 is 0 Å². The zero-order valence-electron chi connectivity index (χ0n) is 17.0. The molecule has 3 rings (SSSR count). The molecule has 162 valence electrons. The highest BCUT2D eigenvalue weighted by Gasteiger charge is 2.35. The van der Waals surface area contributed by atoms with Gasteiger partial charge >= 0.3 is 0 Å². The lowest BCUT2D eigenvalue weighted by molar-refractivity contribution is -0.135. The van der Waals surface area contributed by atoms with Gasteiger partial charge in [-0.2, -0.15) is 4.31 Å². The van der Waals surface area contributed by atoms with Crippen LogP contribution in [0.15, 0.2) is 29.2 Å². The topological polar surface area (TPSA) is 95.1 Å². The maximum absolute atomic E-state index is 13.0. The third kappa shape index (κ3) is 5.78. The van der Waals surface area contributed by atoms with E-state index in [1.54, 1.807) is 17.0 Å². The summed E-state index contributed by atoms with van der Waals surface area (Å²) in [6.07, 6.45) is 4.78. The van der Waals surface area contributed by atoms with Gasteiger partial charge in [0.05, 0.1) is 23.6 Å². The Labute approximate surface area is 173 Å². The van der Waals surface area contributed by atoms with Crippen LogP contribution in [-0.4, -0.2) is 94.7 Å². The minimum absolute atomic E-state index is 0.0607. The Bertz CT molecular complexity index is 939. The van der Waals surface area contributed by atoms with Crippen molar-refractivity contribution >= 4 is 25.8 Å². The predicted octanol–water partition coefficient (Wildman–Crippen LogP) is 0.201. The van der Waals surface area contributed by atoms with Gasteiger partial charge in [-0.1, -0.05) is 12.1 Å². The van der Waals surface area contributed by atoms with Crippen molar-refractivity contribution in [2.75, 3.05) is 51.8 Å². The largest absolute Gasteiger partial charge is 0.335 e. The van der Waals surface area contributed by atoms with E-state index >= 15 is 0 Å². The quantitative estimate of drug-likeness (QED) is 0.623. The molecule has 0 radical (unpaired) electrons. The number of piperazine rings is 1. The Balaban J connectivity index is 1.72. The van der Waals surface area contributed by atoms with E-state index in [1.807, 2.05) is 0 Å². The van der Waals surface area contributed by atoms with Crippen LogP contribution in [0.3, 0.4) is 0 Å². The first kappa shape index (κ1) is 22.2. The van der Waals surface area contributed by atoms with E-state index in [-0.39, 0.29) is 23.3 Å². The number of hydrogen-bond acceptors (Lipinski definition) is 6. The Kier molecular flexibility index (Phi) is 6.67. The molecule has 0 saturated carbocycles. The summed E-state index contributed by atoms with van der Waals surface area (Å²) in [5, 5.41) is 0. The van der Waals surface area contributed by atoms with Gasteiger partial charge in [-0.25, -0.2) is 16.8 Å². The number of sulfonamides is 1. The third-order valence-electron chi connectivity index (χ3n) is 5.61. The minimum atomic E-state index is -3.30. The molecule has 8 nitrogen and oxygen atoms in total. The summed E-state index contributed by atoms with van der Waals surface area (Å²) in [6, 6.07) is 6.18. The first-order chi connectivity index (χ1) is 13.5. The van der Waals surface area contributed by atoms with Gasteiger partial charge in [0.1, 0.15) is 0 Å². The first-order valence-electron chi connectivity index (χ1n) is 9.80. The molecule has 2 saturated heterocycles. The van der Waals surface area contributed by atoms with Crippen molar-refractivity contribution < 1.29 is 21.6 Å². The van der Waals surface area contributed by atoms with Crippen molar-refractivity contribution in [3.8, 4) is 0 Å². The Morgan fingerprint density at radius 3 is 2.14 bits per heavy atom. The van der Waals surface area contributed by atoms with E-state index in [4.69, 9.17) is 0 Å². The molecule has 1 aromatic carbocycles. The van der Waals surface area contributed by atoms with Gasteiger partial charge in [0, 0.05) is 32.4 Å². The number of carbonyl (C=O) groups is 1. The molecule has 2 aliphatic rings. The lowest BCUT2D eigenvalue weighted by Gasteiger charge is -2.42. The zero-order valence-corrected chi connectivity index (χ0v) is 18.6. The molecule has 0 aliphatic carbocycles. The average Bonchev–Trinajstić information content (AvgIpc) is 3.13. The van der Waals surface area contributed by atoms with Crippen LogP contribution < -0.4 is 0 Å². The second-order valence-corrected chi connectivity index (χ2v) is 12.0. The molecule has 10 heteroatoms. The van der Waals surface area contributed by atoms with Gasteiger partial charge in [0.15, 0.2) is 9.84 Å². The molecule has 0 aromatic heterocycles. The number of amides is 1. The van der Waals surface area contributed by atoms with Crippen molar-refractivity contribution in [2.24, 2.45) is 0 Å². The Morgan fingerprint density at radius 1 is 0.966 bits per heavy atom. The van der Waals surface area contributed by atoms with E-state index < -0.39 is 19.9 Å². The van der Waals surface area contributed by atoms with Crippen molar-refractivity contribution in [3.63, 3.8) is 0 Å². The molecular weight excluding hydrogens is 414 g/mol. The predicted molar refractivity (Wildman–Crippen MR) is 111 cm³/mol. The number of hydrogen-bond donors (Lipinski definition) is 0. The monoisotopic (exact) mass is 443 g/mol. The Morgan fingerprint density at radius 2 is 1.59 bits per heavy atom.